The second-order valence-electron chi connectivity index (χ2n) is 3.96. The fourth-order valence-corrected chi connectivity index (χ4v) is 3.68. The highest BCUT2D eigenvalue weighted by Gasteiger charge is 2.55. The van der Waals surface area contributed by atoms with E-state index in [1.807, 2.05) is 6.19 Å². The Morgan fingerprint density at radius 2 is 2.00 bits per heavy atom. The summed E-state index contributed by atoms with van der Waals surface area (Å²) in [5, 5.41) is 8.12. The van der Waals surface area contributed by atoms with Gasteiger partial charge in [-0.25, -0.2) is 8.42 Å². The summed E-state index contributed by atoms with van der Waals surface area (Å²) in [6, 6.07) is 0. The van der Waals surface area contributed by atoms with Gasteiger partial charge < -0.3 is 4.90 Å². The smallest absolute Gasteiger partial charge is 0.235 e. The predicted molar refractivity (Wildman–Crippen MR) is 47.4 cm³/mol. The van der Waals surface area contributed by atoms with Crippen molar-refractivity contribution in [3.8, 4) is 6.19 Å². The van der Waals surface area contributed by atoms with Gasteiger partial charge in [0.15, 0.2) is 6.19 Å². The van der Waals surface area contributed by atoms with Crippen LogP contribution in [0.2, 0.25) is 0 Å². The van der Waals surface area contributed by atoms with Gasteiger partial charge in [0.25, 0.3) is 0 Å². The lowest BCUT2D eigenvalue weighted by Gasteiger charge is -2.56. The zero-order chi connectivity index (χ0) is 9.69. The fraction of sp³-hybridized carbons (Fsp3) is 0.857. The summed E-state index contributed by atoms with van der Waals surface area (Å²) in [5.41, 5.74) is 0.0857. The summed E-state index contributed by atoms with van der Waals surface area (Å²) in [6.45, 7) is 1.40. The lowest BCUT2D eigenvalue weighted by Crippen LogP contribution is -2.62. The molecule has 72 valence electrons. The van der Waals surface area contributed by atoms with Crippen LogP contribution in [-0.2, 0) is 9.05 Å². The van der Waals surface area contributed by atoms with E-state index in [1.54, 1.807) is 4.90 Å². The molecule has 2 aliphatic rings. The highest BCUT2D eigenvalue weighted by molar-refractivity contribution is 8.14. The van der Waals surface area contributed by atoms with E-state index >= 15 is 0 Å². The highest BCUT2D eigenvalue weighted by Crippen LogP contribution is 2.51. The van der Waals surface area contributed by atoms with Gasteiger partial charge in [-0.3, -0.25) is 0 Å². The first-order valence-electron chi connectivity index (χ1n) is 4.03. The summed E-state index contributed by atoms with van der Waals surface area (Å²) in [5.74, 6) is 0. The Balaban J connectivity index is 1.91. The summed E-state index contributed by atoms with van der Waals surface area (Å²) in [6.07, 6.45) is 3.27. The van der Waals surface area contributed by atoms with Gasteiger partial charge in [0.05, 0.1) is 5.25 Å². The molecule has 1 spiro atoms. The number of hydrogen-bond acceptors (Lipinski definition) is 4. The standard InChI is InChI=1S/C7H9ClN2O2S/c8-13(11,12)6-1-7(2-6)3-10(4-7)5-9/h6H,1-4H2. The van der Waals surface area contributed by atoms with Gasteiger partial charge >= 0.3 is 0 Å². The van der Waals surface area contributed by atoms with Gasteiger partial charge in [-0.1, -0.05) is 0 Å². The maximum atomic E-state index is 10.9. The third-order valence-corrected chi connectivity index (χ3v) is 4.80. The van der Waals surface area contributed by atoms with Crippen LogP contribution in [0, 0.1) is 16.9 Å². The molecule has 0 unspecified atom stereocenters. The number of nitrogens with zero attached hydrogens (tertiary/aromatic N) is 2. The molecule has 0 aromatic rings. The van der Waals surface area contributed by atoms with Crippen LogP contribution >= 0.6 is 10.7 Å². The second kappa shape index (κ2) is 2.52. The molecule has 2 rings (SSSR count). The normalized spacial score (nSPS) is 26.3. The van der Waals surface area contributed by atoms with Crippen molar-refractivity contribution in [3.05, 3.63) is 0 Å². The van der Waals surface area contributed by atoms with Gasteiger partial charge in [0.1, 0.15) is 0 Å². The molecule has 1 saturated carbocycles. The summed E-state index contributed by atoms with van der Waals surface area (Å²) in [7, 11) is 1.84. The zero-order valence-corrected chi connectivity index (χ0v) is 8.48. The molecule has 6 heteroatoms. The molecule has 0 amide bonds. The van der Waals surface area contributed by atoms with Crippen molar-refractivity contribution in [2.75, 3.05) is 13.1 Å². The van der Waals surface area contributed by atoms with E-state index in [9.17, 15) is 8.42 Å². The Morgan fingerprint density at radius 3 is 2.38 bits per heavy atom. The van der Waals surface area contributed by atoms with E-state index in [4.69, 9.17) is 15.9 Å². The minimum atomic E-state index is -3.37. The van der Waals surface area contributed by atoms with Gasteiger partial charge in [0, 0.05) is 29.2 Å². The molecule has 1 heterocycles. The van der Waals surface area contributed by atoms with Gasteiger partial charge in [0.2, 0.25) is 9.05 Å². The second-order valence-corrected chi connectivity index (χ2v) is 6.87. The largest absolute Gasteiger partial charge is 0.309 e. The van der Waals surface area contributed by atoms with Gasteiger partial charge in [-0.2, -0.15) is 5.26 Å². The maximum Gasteiger partial charge on any atom is 0.235 e. The Hall–Kier alpha value is -0.470. The molecule has 1 aliphatic carbocycles. The molecule has 1 saturated heterocycles. The lowest BCUT2D eigenvalue weighted by atomic mass is 9.63. The molecule has 0 N–H and O–H groups in total. The average Bonchev–Trinajstić information content (AvgIpc) is 1.78. The minimum Gasteiger partial charge on any atom is -0.309 e. The van der Waals surface area contributed by atoms with Crippen molar-refractivity contribution >= 4 is 19.7 Å². The molecular weight excluding hydrogens is 212 g/mol. The molecule has 0 bridgehead atoms. The average molecular weight is 221 g/mol. The predicted octanol–water partition coefficient (Wildman–Crippen LogP) is 0.500. The molecular formula is C7H9ClN2O2S. The monoisotopic (exact) mass is 220 g/mol. The summed E-state index contributed by atoms with van der Waals surface area (Å²) in [4.78, 5) is 1.64. The van der Waals surface area contributed by atoms with Crippen molar-refractivity contribution in [1.82, 2.24) is 4.90 Å². The zero-order valence-electron chi connectivity index (χ0n) is 6.90. The van der Waals surface area contributed by atoms with Gasteiger partial charge in [-0.05, 0) is 12.8 Å². The first kappa shape index (κ1) is 9.10. The number of rotatable bonds is 1. The van der Waals surface area contributed by atoms with E-state index in [0.717, 1.165) is 0 Å². The van der Waals surface area contributed by atoms with Crippen molar-refractivity contribution in [2.45, 2.75) is 18.1 Å². The van der Waals surface area contributed by atoms with Crippen molar-refractivity contribution in [1.29, 1.82) is 5.26 Å². The Kier molecular flexibility index (Phi) is 1.76. The van der Waals surface area contributed by atoms with E-state index in [2.05, 4.69) is 0 Å². The third-order valence-electron chi connectivity index (χ3n) is 2.91. The van der Waals surface area contributed by atoms with Crippen LogP contribution in [0.15, 0.2) is 0 Å². The molecule has 0 aromatic heterocycles. The molecule has 13 heavy (non-hydrogen) atoms. The molecule has 1 aliphatic heterocycles. The Labute approximate surface area is 81.5 Å². The van der Waals surface area contributed by atoms with Crippen LogP contribution in [0.1, 0.15) is 12.8 Å². The molecule has 0 radical (unpaired) electrons. The number of hydrogen-bond donors (Lipinski definition) is 0. The first-order chi connectivity index (χ1) is 5.95. The fourth-order valence-electron chi connectivity index (χ4n) is 2.20. The van der Waals surface area contributed by atoms with E-state index in [1.165, 1.54) is 0 Å². The van der Waals surface area contributed by atoms with Crippen LogP contribution < -0.4 is 0 Å². The van der Waals surface area contributed by atoms with Crippen LogP contribution in [-0.4, -0.2) is 31.7 Å². The molecule has 2 fully saturated rings. The molecule has 0 aromatic carbocycles. The summed E-state index contributed by atoms with van der Waals surface area (Å²) >= 11 is 0. The first-order valence-corrected chi connectivity index (χ1v) is 6.41. The van der Waals surface area contributed by atoms with Crippen LogP contribution in [0.5, 0.6) is 0 Å². The Morgan fingerprint density at radius 1 is 1.46 bits per heavy atom. The van der Waals surface area contributed by atoms with E-state index in [-0.39, 0.29) is 10.7 Å². The maximum absolute atomic E-state index is 10.9. The SMILES string of the molecule is N#CN1CC2(CC(S(=O)(=O)Cl)C2)C1. The van der Waals surface area contributed by atoms with Crippen molar-refractivity contribution in [3.63, 3.8) is 0 Å². The Bertz CT molecular complexity index is 358. The highest BCUT2D eigenvalue weighted by atomic mass is 35.7. The quantitative estimate of drug-likeness (QED) is 0.477. The van der Waals surface area contributed by atoms with E-state index in [0.29, 0.717) is 25.9 Å². The molecule has 4 nitrogen and oxygen atoms in total. The van der Waals surface area contributed by atoms with Crippen molar-refractivity contribution in [2.24, 2.45) is 5.41 Å². The molecule has 0 atom stereocenters. The van der Waals surface area contributed by atoms with E-state index < -0.39 is 9.05 Å². The van der Waals surface area contributed by atoms with Crippen LogP contribution in [0.3, 0.4) is 0 Å². The topological polar surface area (TPSA) is 61.2 Å². The van der Waals surface area contributed by atoms with Gasteiger partial charge in [-0.15, -0.1) is 0 Å². The number of nitriles is 1. The minimum absolute atomic E-state index is 0.0857. The van der Waals surface area contributed by atoms with Crippen LogP contribution in [0.25, 0.3) is 0 Å². The third kappa shape index (κ3) is 1.38. The number of halogens is 1. The lowest BCUT2D eigenvalue weighted by molar-refractivity contribution is -0.0216. The van der Waals surface area contributed by atoms with Crippen LogP contribution in [0.4, 0.5) is 0 Å². The summed E-state index contributed by atoms with van der Waals surface area (Å²) < 4.78 is 21.8. The number of likely N-dealkylation sites (tertiary alicyclic amines) is 1. The van der Waals surface area contributed by atoms with Crippen molar-refractivity contribution < 1.29 is 8.42 Å².